The van der Waals surface area contributed by atoms with Crippen LogP contribution in [0.5, 0.6) is 0 Å². The molecule has 0 atom stereocenters. The first-order valence-corrected chi connectivity index (χ1v) is 5.92. The summed E-state index contributed by atoms with van der Waals surface area (Å²) in [5, 5.41) is 13.5. The molecule has 0 radical (unpaired) electrons. The Balaban J connectivity index is 2.20. The van der Waals surface area contributed by atoms with Gasteiger partial charge in [0, 0.05) is 11.1 Å². The van der Waals surface area contributed by atoms with Gasteiger partial charge in [0.05, 0.1) is 16.1 Å². The monoisotopic (exact) mass is 263 g/mol. The van der Waals surface area contributed by atoms with Gasteiger partial charge in [-0.05, 0) is 18.2 Å². The van der Waals surface area contributed by atoms with Crippen molar-refractivity contribution in [1.29, 1.82) is 5.26 Å². The van der Waals surface area contributed by atoms with Gasteiger partial charge in [0.1, 0.15) is 11.8 Å². The molecule has 0 spiro atoms. The lowest BCUT2D eigenvalue weighted by molar-refractivity contribution is 0.102. The number of amides is 1. The molecule has 1 N–H and O–H groups in total. The second kappa shape index (κ2) is 4.95. The standard InChI is InChI=1S/C11H6ClN3OS/c12-9-2-1-8(3-7(9)4-13)15-11(16)10-5-17-6-14-10/h1-3,5-6H,(H,15,16). The number of nitrogens with one attached hydrogen (secondary N) is 1. The first kappa shape index (κ1) is 11.6. The maximum atomic E-state index is 11.7. The number of hydrogen-bond acceptors (Lipinski definition) is 4. The van der Waals surface area contributed by atoms with Gasteiger partial charge in [-0.15, -0.1) is 11.3 Å². The van der Waals surface area contributed by atoms with Gasteiger partial charge in [-0.2, -0.15) is 5.26 Å². The fraction of sp³-hybridized carbons (Fsp3) is 0. The molecule has 0 fully saturated rings. The van der Waals surface area contributed by atoms with E-state index in [1.165, 1.54) is 17.4 Å². The number of carbonyl (C=O) groups excluding carboxylic acids is 1. The highest BCUT2D eigenvalue weighted by atomic mass is 35.5. The lowest BCUT2D eigenvalue weighted by Crippen LogP contribution is -2.12. The Hall–Kier alpha value is -1.90. The van der Waals surface area contributed by atoms with Crippen molar-refractivity contribution in [2.45, 2.75) is 0 Å². The van der Waals surface area contributed by atoms with Crippen LogP contribution in [0.4, 0.5) is 5.69 Å². The predicted molar refractivity (Wildman–Crippen MR) is 66.2 cm³/mol. The largest absolute Gasteiger partial charge is 0.321 e. The quantitative estimate of drug-likeness (QED) is 0.906. The van der Waals surface area contributed by atoms with Crippen LogP contribution >= 0.6 is 22.9 Å². The van der Waals surface area contributed by atoms with Crippen LogP contribution in [0.3, 0.4) is 0 Å². The topological polar surface area (TPSA) is 65.8 Å². The zero-order valence-corrected chi connectivity index (χ0v) is 10.0. The molecule has 2 rings (SSSR count). The Morgan fingerprint density at radius 2 is 2.35 bits per heavy atom. The number of thiazole rings is 1. The summed E-state index contributed by atoms with van der Waals surface area (Å²) in [6.07, 6.45) is 0. The maximum absolute atomic E-state index is 11.7. The van der Waals surface area contributed by atoms with Gasteiger partial charge in [0.25, 0.3) is 5.91 Å². The van der Waals surface area contributed by atoms with Crippen molar-refractivity contribution in [2.24, 2.45) is 0 Å². The number of nitrogens with zero attached hydrogens (tertiary/aromatic N) is 2. The van der Waals surface area contributed by atoms with E-state index in [1.54, 1.807) is 23.0 Å². The van der Waals surface area contributed by atoms with Gasteiger partial charge in [-0.25, -0.2) is 4.98 Å². The highest BCUT2D eigenvalue weighted by Crippen LogP contribution is 2.20. The van der Waals surface area contributed by atoms with E-state index >= 15 is 0 Å². The van der Waals surface area contributed by atoms with E-state index in [2.05, 4.69) is 10.3 Å². The van der Waals surface area contributed by atoms with E-state index in [9.17, 15) is 4.79 Å². The number of halogens is 1. The van der Waals surface area contributed by atoms with E-state index in [0.29, 0.717) is 22.0 Å². The Bertz CT molecular complexity index is 589. The van der Waals surface area contributed by atoms with E-state index in [-0.39, 0.29) is 5.91 Å². The van der Waals surface area contributed by atoms with Crippen LogP contribution in [-0.2, 0) is 0 Å². The summed E-state index contributed by atoms with van der Waals surface area (Å²) in [4.78, 5) is 15.6. The summed E-state index contributed by atoms with van der Waals surface area (Å²) in [5.74, 6) is -0.308. The highest BCUT2D eigenvalue weighted by molar-refractivity contribution is 7.07. The first-order valence-electron chi connectivity index (χ1n) is 4.60. The molecule has 84 valence electrons. The van der Waals surface area contributed by atoms with Crippen LogP contribution < -0.4 is 5.32 Å². The molecule has 0 saturated heterocycles. The predicted octanol–water partition coefficient (Wildman–Crippen LogP) is 2.92. The minimum Gasteiger partial charge on any atom is -0.321 e. The van der Waals surface area contributed by atoms with Gasteiger partial charge in [0.15, 0.2) is 0 Å². The summed E-state index contributed by atoms with van der Waals surface area (Å²) in [5.41, 5.74) is 2.77. The summed E-state index contributed by atoms with van der Waals surface area (Å²) in [6, 6.07) is 6.67. The molecule has 0 aliphatic carbocycles. The first-order chi connectivity index (χ1) is 8.20. The molecule has 0 unspecified atom stereocenters. The SMILES string of the molecule is N#Cc1cc(NC(=O)c2cscn2)ccc1Cl. The molecule has 0 bridgehead atoms. The van der Waals surface area contributed by atoms with Crippen molar-refractivity contribution < 1.29 is 4.79 Å². The summed E-state index contributed by atoms with van der Waals surface area (Å²) in [7, 11) is 0. The minimum atomic E-state index is -0.308. The van der Waals surface area contributed by atoms with Crippen molar-refractivity contribution in [1.82, 2.24) is 4.98 Å². The third kappa shape index (κ3) is 2.61. The molecule has 0 saturated carbocycles. The van der Waals surface area contributed by atoms with Crippen molar-refractivity contribution in [3.63, 3.8) is 0 Å². The molecule has 1 amide bonds. The van der Waals surface area contributed by atoms with Gasteiger partial charge >= 0.3 is 0 Å². The van der Waals surface area contributed by atoms with Crippen molar-refractivity contribution in [2.75, 3.05) is 5.32 Å². The fourth-order valence-electron chi connectivity index (χ4n) is 1.21. The zero-order valence-electron chi connectivity index (χ0n) is 8.48. The Kier molecular flexibility index (Phi) is 3.38. The number of benzene rings is 1. The Morgan fingerprint density at radius 3 is 3.00 bits per heavy atom. The van der Waals surface area contributed by atoms with E-state index in [4.69, 9.17) is 16.9 Å². The normalized spacial score (nSPS) is 9.65. The molecule has 0 aliphatic heterocycles. The van der Waals surface area contributed by atoms with Gasteiger partial charge in [0.2, 0.25) is 0 Å². The third-order valence-electron chi connectivity index (χ3n) is 2.01. The van der Waals surface area contributed by atoms with Crippen LogP contribution in [0.2, 0.25) is 5.02 Å². The number of carbonyl (C=O) groups is 1. The van der Waals surface area contributed by atoms with E-state index in [0.717, 1.165) is 0 Å². The smallest absolute Gasteiger partial charge is 0.275 e. The average Bonchev–Trinajstić information content (AvgIpc) is 2.85. The second-order valence-electron chi connectivity index (χ2n) is 3.13. The minimum absolute atomic E-state index is 0.308. The van der Waals surface area contributed by atoms with Crippen molar-refractivity contribution >= 4 is 34.5 Å². The summed E-state index contributed by atoms with van der Waals surface area (Å²) in [6.45, 7) is 0. The summed E-state index contributed by atoms with van der Waals surface area (Å²) < 4.78 is 0. The number of hydrogen-bond donors (Lipinski definition) is 1. The lowest BCUT2D eigenvalue weighted by Gasteiger charge is -2.04. The third-order valence-corrected chi connectivity index (χ3v) is 2.93. The molecule has 2 aromatic rings. The lowest BCUT2D eigenvalue weighted by atomic mass is 10.2. The van der Waals surface area contributed by atoms with Crippen LogP contribution in [-0.4, -0.2) is 10.9 Å². The molecule has 1 aromatic heterocycles. The number of aromatic nitrogens is 1. The van der Waals surface area contributed by atoms with Crippen LogP contribution in [0, 0.1) is 11.3 Å². The highest BCUT2D eigenvalue weighted by Gasteiger charge is 2.09. The molecular weight excluding hydrogens is 258 g/mol. The van der Waals surface area contributed by atoms with Gasteiger partial charge in [-0.3, -0.25) is 4.79 Å². The van der Waals surface area contributed by atoms with E-state index in [1.807, 2.05) is 6.07 Å². The second-order valence-corrected chi connectivity index (χ2v) is 4.26. The molecule has 0 aliphatic rings. The number of rotatable bonds is 2. The van der Waals surface area contributed by atoms with Gasteiger partial charge < -0.3 is 5.32 Å². The fourth-order valence-corrected chi connectivity index (χ4v) is 1.90. The van der Waals surface area contributed by atoms with Crippen LogP contribution in [0.1, 0.15) is 16.1 Å². The molecule has 1 heterocycles. The molecule has 4 nitrogen and oxygen atoms in total. The van der Waals surface area contributed by atoms with Crippen LogP contribution in [0.15, 0.2) is 29.1 Å². The maximum Gasteiger partial charge on any atom is 0.275 e. The zero-order chi connectivity index (χ0) is 12.3. The average molecular weight is 264 g/mol. The Labute approximate surface area is 106 Å². The van der Waals surface area contributed by atoms with Gasteiger partial charge in [-0.1, -0.05) is 11.6 Å². The summed E-state index contributed by atoms with van der Waals surface area (Å²) >= 11 is 7.13. The van der Waals surface area contributed by atoms with Crippen LogP contribution in [0.25, 0.3) is 0 Å². The molecule has 17 heavy (non-hydrogen) atoms. The molecule has 1 aromatic carbocycles. The van der Waals surface area contributed by atoms with Crippen molar-refractivity contribution in [3.05, 3.63) is 45.4 Å². The number of nitriles is 1. The van der Waals surface area contributed by atoms with Crippen molar-refractivity contribution in [3.8, 4) is 6.07 Å². The van der Waals surface area contributed by atoms with E-state index < -0.39 is 0 Å². The molecule has 6 heteroatoms. The Morgan fingerprint density at radius 1 is 1.53 bits per heavy atom. The number of anilines is 1. The molecular formula is C11H6ClN3OS.